The average Bonchev–Trinajstić information content (AvgIpc) is 3.06. The van der Waals surface area contributed by atoms with E-state index in [1.165, 1.54) is 37.0 Å². The minimum atomic E-state index is -0.108. The predicted octanol–water partition coefficient (Wildman–Crippen LogP) is 2.86. The molecule has 1 aliphatic carbocycles. The normalized spacial score (nSPS) is 19.3. The van der Waals surface area contributed by atoms with Crippen LogP contribution in [0.1, 0.15) is 67.5 Å². The van der Waals surface area contributed by atoms with Gasteiger partial charge in [-0.2, -0.15) is 0 Å². The van der Waals surface area contributed by atoms with Crippen LogP contribution >= 0.6 is 11.3 Å². The lowest BCUT2D eigenvalue weighted by molar-refractivity contribution is 0.0924. The molecule has 0 saturated heterocycles. The Morgan fingerprint density at radius 3 is 2.79 bits per heavy atom. The van der Waals surface area contributed by atoms with Gasteiger partial charge in [-0.05, 0) is 31.6 Å². The minimum Gasteiger partial charge on any atom is -0.350 e. The van der Waals surface area contributed by atoms with Crippen LogP contribution in [0.25, 0.3) is 0 Å². The first-order valence-corrected chi connectivity index (χ1v) is 7.93. The summed E-state index contributed by atoms with van der Waals surface area (Å²) in [6, 6.07) is -0.108. The first kappa shape index (κ1) is 14.5. The number of hydrogen-bond acceptors (Lipinski definition) is 4. The molecule has 1 unspecified atom stereocenters. The molecule has 19 heavy (non-hydrogen) atoms. The summed E-state index contributed by atoms with van der Waals surface area (Å²) in [5, 5.41) is 5.66. The lowest BCUT2D eigenvalue weighted by Gasteiger charge is -2.27. The predicted molar refractivity (Wildman–Crippen MR) is 78.2 cm³/mol. The van der Waals surface area contributed by atoms with E-state index in [1.54, 1.807) is 5.38 Å². The lowest BCUT2D eigenvalue weighted by atomic mass is 9.83. The van der Waals surface area contributed by atoms with Crippen molar-refractivity contribution in [2.24, 2.45) is 11.1 Å². The van der Waals surface area contributed by atoms with Crippen LogP contribution in [-0.4, -0.2) is 17.4 Å². The van der Waals surface area contributed by atoms with Crippen molar-refractivity contribution in [1.82, 2.24) is 10.3 Å². The molecule has 1 saturated carbocycles. The van der Waals surface area contributed by atoms with Crippen molar-refractivity contribution in [1.29, 1.82) is 0 Å². The fourth-order valence-electron chi connectivity index (χ4n) is 2.74. The van der Waals surface area contributed by atoms with Gasteiger partial charge < -0.3 is 11.1 Å². The number of thiazole rings is 1. The average molecular weight is 281 g/mol. The van der Waals surface area contributed by atoms with E-state index < -0.39 is 0 Å². The Morgan fingerprint density at radius 1 is 1.58 bits per heavy atom. The zero-order chi connectivity index (χ0) is 13.9. The van der Waals surface area contributed by atoms with Gasteiger partial charge in [0.15, 0.2) is 0 Å². The molecule has 3 N–H and O–H groups in total. The molecular formula is C14H23N3OS. The molecule has 1 aromatic rings. The molecule has 0 bridgehead atoms. The number of nitrogens with zero attached hydrogens (tertiary/aromatic N) is 1. The number of nitrogens with two attached hydrogens (primary N) is 1. The Bertz CT molecular complexity index is 436. The number of hydrogen-bond donors (Lipinski definition) is 2. The van der Waals surface area contributed by atoms with Gasteiger partial charge in [0.1, 0.15) is 10.7 Å². The number of rotatable bonds is 5. The molecule has 4 nitrogen and oxygen atoms in total. The third-order valence-corrected chi connectivity index (χ3v) is 5.23. The topological polar surface area (TPSA) is 68.0 Å². The summed E-state index contributed by atoms with van der Waals surface area (Å²) in [6.07, 6.45) is 6.16. The van der Waals surface area contributed by atoms with E-state index in [0.29, 0.717) is 11.1 Å². The summed E-state index contributed by atoms with van der Waals surface area (Å²) in [6.45, 7) is 4.87. The fraction of sp³-hybridized carbons (Fsp3) is 0.714. The van der Waals surface area contributed by atoms with E-state index in [-0.39, 0.29) is 11.9 Å². The zero-order valence-corrected chi connectivity index (χ0v) is 12.6. The summed E-state index contributed by atoms with van der Waals surface area (Å²) in [5.74, 6) is -0.0668. The molecule has 1 aromatic heterocycles. The molecule has 106 valence electrons. The van der Waals surface area contributed by atoms with E-state index in [4.69, 9.17) is 5.73 Å². The van der Waals surface area contributed by atoms with Crippen molar-refractivity contribution in [3.05, 3.63) is 16.1 Å². The van der Waals surface area contributed by atoms with Crippen LogP contribution in [-0.2, 0) is 0 Å². The monoisotopic (exact) mass is 281 g/mol. The van der Waals surface area contributed by atoms with Crippen LogP contribution in [0, 0.1) is 5.41 Å². The van der Waals surface area contributed by atoms with Crippen LogP contribution < -0.4 is 11.1 Å². The van der Waals surface area contributed by atoms with Gasteiger partial charge in [-0.25, -0.2) is 4.98 Å². The molecule has 0 radical (unpaired) electrons. The van der Waals surface area contributed by atoms with Gasteiger partial charge in [-0.15, -0.1) is 11.3 Å². The Balaban J connectivity index is 1.93. The maximum Gasteiger partial charge on any atom is 0.270 e. The maximum atomic E-state index is 12.1. The van der Waals surface area contributed by atoms with Crippen LogP contribution in [0.2, 0.25) is 0 Å². The van der Waals surface area contributed by atoms with Crippen molar-refractivity contribution in [2.45, 2.75) is 52.0 Å². The number of carbonyl (C=O) groups is 1. The molecule has 1 fully saturated rings. The van der Waals surface area contributed by atoms with Crippen molar-refractivity contribution < 1.29 is 4.79 Å². The van der Waals surface area contributed by atoms with Gasteiger partial charge in [-0.1, -0.05) is 19.8 Å². The smallest absolute Gasteiger partial charge is 0.270 e. The SMILES string of the molecule is CCC1(CNC(=O)c2csc(C(C)N)n2)CCCC1. The molecule has 1 atom stereocenters. The second-order valence-corrected chi connectivity index (χ2v) is 6.49. The quantitative estimate of drug-likeness (QED) is 0.872. The van der Waals surface area contributed by atoms with E-state index in [2.05, 4.69) is 17.2 Å². The van der Waals surface area contributed by atoms with Crippen LogP contribution in [0.4, 0.5) is 0 Å². The second kappa shape index (κ2) is 6.01. The summed E-state index contributed by atoms with van der Waals surface area (Å²) < 4.78 is 0. The van der Waals surface area contributed by atoms with Gasteiger partial charge in [0.05, 0.1) is 6.04 Å². The Labute approximate surface area is 118 Å². The highest BCUT2D eigenvalue weighted by Gasteiger charge is 2.32. The van der Waals surface area contributed by atoms with Gasteiger partial charge in [0.25, 0.3) is 5.91 Å². The van der Waals surface area contributed by atoms with Gasteiger partial charge in [0.2, 0.25) is 0 Å². The largest absolute Gasteiger partial charge is 0.350 e. The van der Waals surface area contributed by atoms with Gasteiger partial charge in [-0.3, -0.25) is 4.79 Å². The number of amides is 1. The first-order chi connectivity index (χ1) is 9.06. The summed E-state index contributed by atoms with van der Waals surface area (Å²) in [5.41, 5.74) is 6.58. The molecule has 5 heteroatoms. The highest BCUT2D eigenvalue weighted by Crippen LogP contribution is 2.40. The molecule has 2 rings (SSSR count). The first-order valence-electron chi connectivity index (χ1n) is 7.05. The van der Waals surface area contributed by atoms with Crippen molar-refractivity contribution in [3.63, 3.8) is 0 Å². The van der Waals surface area contributed by atoms with E-state index in [1.807, 2.05) is 6.92 Å². The third kappa shape index (κ3) is 3.34. The lowest BCUT2D eigenvalue weighted by Crippen LogP contribution is -2.35. The van der Waals surface area contributed by atoms with Crippen LogP contribution in [0.15, 0.2) is 5.38 Å². The standard InChI is InChI=1S/C14H23N3OS/c1-3-14(6-4-5-7-14)9-16-12(18)11-8-19-13(17-11)10(2)15/h8,10H,3-7,9,15H2,1-2H3,(H,16,18). The Hall–Kier alpha value is -0.940. The number of nitrogens with one attached hydrogen (secondary N) is 1. The van der Waals surface area contributed by atoms with E-state index in [9.17, 15) is 4.79 Å². The second-order valence-electron chi connectivity index (χ2n) is 5.60. The van der Waals surface area contributed by atoms with Crippen LogP contribution in [0.3, 0.4) is 0 Å². The van der Waals surface area contributed by atoms with Crippen molar-refractivity contribution >= 4 is 17.2 Å². The van der Waals surface area contributed by atoms with E-state index in [0.717, 1.165) is 18.0 Å². The molecule has 0 spiro atoms. The zero-order valence-electron chi connectivity index (χ0n) is 11.7. The van der Waals surface area contributed by atoms with Crippen LogP contribution in [0.5, 0.6) is 0 Å². The fourth-order valence-corrected chi connectivity index (χ4v) is 3.50. The minimum absolute atomic E-state index is 0.0668. The van der Waals surface area contributed by atoms with Gasteiger partial charge in [0, 0.05) is 11.9 Å². The maximum absolute atomic E-state index is 12.1. The highest BCUT2D eigenvalue weighted by atomic mass is 32.1. The Kier molecular flexibility index (Phi) is 4.58. The van der Waals surface area contributed by atoms with Gasteiger partial charge >= 0.3 is 0 Å². The molecule has 0 aliphatic heterocycles. The number of aromatic nitrogens is 1. The summed E-state index contributed by atoms with van der Waals surface area (Å²) in [4.78, 5) is 16.4. The molecule has 1 heterocycles. The molecule has 0 aromatic carbocycles. The third-order valence-electron chi connectivity index (χ3n) is 4.18. The summed E-state index contributed by atoms with van der Waals surface area (Å²) in [7, 11) is 0. The number of carbonyl (C=O) groups excluding carboxylic acids is 1. The Morgan fingerprint density at radius 2 is 2.26 bits per heavy atom. The summed E-state index contributed by atoms with van der Waals surface area (Å²) >= 11 is 1.45. The van der Waals surface area contributed by atoms with Crippen molar-refractivity contribution in [2.75, 3.05) is 6.54 Å². The molecular weight excluding hydrogens is 258 g/mol. The molecule has 1 aliphatic rings. The van der Waals surface area contributed by atoms with Crippen molar-refractivity contribution in [3.8, 4) is 0 Å². The molecule has 1 amide bonds. The van der Waals surface area contributed by atoms with E-state index >= 15 is 0 Å². The highest BCUT2D eigenvalue weighted by molar-refractivity contribution is 7.09.